The van der Waals surface area contributed by atoms with Crippen molar-refractivity contribution in [3.8, 4) is 11.5 Å². The molecule has 31 heavy (non-hydrogen) atoms. The molecule has 0 aromatic heterocycles. The lowest BCUT2D eigenvalue weighted by Crippen LogP contribution is -2.25. The van der Waals surface area contributed by atoms with Gasteiger partial charge in [-0.25, -0.2) is 0 Å². The van der Waals surface area contributed by atoms with E-state index in [1.54, 1.807) is 0 Å². The standard InChI is InChI=1S/C20H16Cl3F4NO3/c21-15-10-14(30-9-6-17(23)24)11-16(22)18(15)31-8-1-7-28-19(29)12-2-4-13(5-3-12)20(25,26)27/h2-6,10-11H,1,7-9H2,(H,28,29). The first-order valence-corrected chi connectivity index (χ1v) is 9.92. The summed E-state index contributed by atoms with van der Waals surface area (Å²) in [6.45, 7) is 0.264. The molecular weight excluding hydrogens is 485 g/mol. The minimum atomic E-state index is -4.46. The van der Waals surface area contributed by atoms with Crippen LogP contribution in [0.2, 0.25) is 10.0 Å². The molecule has 0 aliphatic heterocycles. The largest absolute Gasteiger partial charge is 0.490 e. The van der Waals surface area contributed by atoms with Gasteiger partial charge in [-0.2, -0.15) is 17.6 Å². The Morgan fingerprint density at radius 1 is 1.06 bits per heavy atom. The molecule has 0 bridgehead atoms. The fourth-order valence-electron chi connectivity index (χ4n) is 2.32. The van der Waals surface area contributed by atoms with E-state index in [2.05, 4.69) is 5.32 Å². The highest BCUT2D eigenvalue weighted by atomic mass is 35.5. The van der Waals surface area contributed by atoms with Gasteiger partial charge in [-0.1, -0.05) is 34.8 Å². The monoisotopic (exact) mass is 499 g/mol. The van der Waals surface area contributed by atoms with E-state index in [1.807, 2.05) is 0 Å². The number of carbonyl (C=O) groups excluding carboxylic acids is 1. The Balaban J connectivity index is 1.79. The first kappa shape index (κ1) is 25.1. The number of ether oxygens (including phenoxy) is 2. The number of hydrogen-bond donors (Lipinski definition) is 1. The highest BCUT2D eigenvalue weighted by Crippen LogP contribution is 2.37. The maximum atomic E-state index is 12.5. The second-order valence-electron chi connectivity index (χ2n) is 6.05. The number of halogens is 7. The van der Waals surface area contributed by atoms with E-state index >= 15 is 0 Å². The summed E-state index contributed by atoms with van der Waals surface area (Å²) in [7, 11) is 0. The quantitative estimate of drug-likeness (QED) is 0.310. The molecule has 0 unspecified atom stereocenters. The van der Waals surface area contributed by atoms with Gasteiger partial charge in [0.15, 0.2) is 11.0 Å². The minimum Gasteiger partial charge on any atom is -0.490 e. The molecule has 0 radical (unpaired) electrons. The third-order valence-corrected chi connectivity index (χ3v) is 4.50. The highest BCUT2D eigenvalue weighted by molar-refractivity contribution is 6.37. The first-order valence-electron chi connectivity index (χ1n) is 8.79. The molecule has 2 aromatic rings. The molecule has 2 aromatic carbocycles. The van der Waals surface area contributed by atoms with Crippen LogP contribution in [-0.4, -0.2) is 25.7 Å². The molecule has 11 heteroatoms. The van der Waals surface area contributed by atoms with E-state index < -0.39 is 22.9 Å². The molecule has 0 fully saturated rings. The van der Waals surface area contributed by atoms with Crippen molar-refractivity contribution in [1.82, 2.24) is 5.32 Å². The number of carbonyl (C=O) groups is 1. The highest BCUT2D eigenvalue weighted by Gasteiger charge is 2.30. The van der Waals surface area contributed by atoms with E-state index in [9.17, 15) is 22.4 Å². The lowest BCUT2D eigenvalue weighted by Gasteiger charge is -2.12. The fraction of sp³-hybridized carbons (Fsp3) is 0.250. The summed E-state index contributed by atoms with van der Waals surface area (Å²) in [6.07, 6.45) is -3.05. The summed E-state index contributed by atoms with van der Waals surface area (Å²) in [6, 6.07) is 6.78. The maximum absolute atomic E-state index is 12.5. The molecule has 0 heterocycles. The fourth-order valence-corrected chi connectivity index (χ4v) is 2.96. The van der Waals surface area contributed by atoms with Gasteiger partial charge in [-0.05, 0) is 30.7 Å². The van der Waals surface area contributed by atoms with E-state index in [0.29, 0.717) is 12.2 Å². The van der Waals surface area contributed by atoms with Crippen molar-refractivity contribution in [1.29, 1.82) is 0 Å². The molecule has 0 saturated heterocycles. The maximum Gasteiger partial charge on any atom is 0.416 e. The van der Waals surface area contributed by atoms with Gasteiger partial charge in [-0.3, -0.25) is 4.79 Å². The van der Waals surface area contributed by atoms with E-state index in [4.69, 9.17) is 44.3 Å². The van der Waals surface area contributed by atoms with Crippen LogP contribution < -0.4 is 14.8 Å². The van der Waals surface area contributed by atoms with Gasteiger partial charge in [0.25, 0.3) is 5.91 Å². The summed E-state index contributed by atoms with van der Waals surface area (Å²) in [5.41, 5.74) is -0.718. The van der Waals surface area contributed by atoms with Gasteiger partial charge < -0.3 is 14.8 Å². The summed E-state index contributed by atoms with van der Waals surface area (Å²) in [5, 5.41) is 2.03. The Morgan fingerprint density at radius 2 is 1.68 bits per heavy atom. The molecule has 0 aliphatic carbocycles. The van der Waals surface area contributed by atoms with Crippen LogP contribution >= 0.6 is 34.8 Å². The predicted octanol–water partition coefficient (Wildman–Crippen LogP) is 6.64. The molecule has 4 nitrogen and oxygen atoms in total. The van der Waals surface area contributed by atoms with Crippen molar-refractivity contribution in [3.63, 3.8) is 0 Å². The molecule has 0 aliphatic rings. The second-order valence-corrected chi connectivity index (χ2v) is 7.23. The smallest absolute Gasteiger partial charge is 0.416 e. The van der Waals surface area contributed by atoms with Crippen LogP contribution in [0.4, 0.5) is 17.6 Å². The second kappa shape index (κ2) is 11.5. The Kier molecular flexibility index (Phi) is 9.28. The molecule has 1 N–H and O–H groups in total. The summed E-state index contributed by atoms with van der Waals surface area (Å²) in [5.74, 6) is -0.00198. The number of hydrogen-bond acceptors (Lipinski definition) is 3. The van der Waals surface area contributed by atoms with Crippen molar-refractivity contribution in [2.45, 2.75) is 12.6 Å². The number of nitrogens with one attached hydrogen (secondary N) is 1. The summed E-state index contributed by atoms with van der Waals surface area (Å²) >= 11 is 17.3. The van der Waals surface area contributed by atoms with Crippen molar-refractivity contribution in [3.05, 3.63) is 68.9 Å². The van der Waals surface area contributed by atoms with Crippen LogP contribution in [0.5, 0.6) is 11.5 Å². The molecule has 0 atom stereocenters. The number of amides is 1. The van der Waals surface area contributed by atoms with Gasteiger partial charge in [0.05, 0.1) is 22.2 Å². The van der Waals surface area contributed by atoms with Crippen LogP contribution in [0.1, 0.15) is 22.3 Å². The van der Waals surface area contributed by atoms with Crippen molar-refractivity contribution in [2.75, 3.05) is 19.8 Å². The van der Waals surface area contributed by atoms with Crippen molar-refractivity contribution in [2.24, 2.45) is 0 Å². The molecule has 0 saturated carbocycles. The van der Waals surface area contributed by atoms with Crippen LogP contribution in [0.3, 0.4) is 0 Å². The molecule has 168 valence electrons. The molecule has 1 amide bonds. The number of benzene rings is 2. The number of alkyl halides is 3. The van der Waals surface area contributed by atoms with E-state index in [-0.39, 0.29) is 41.1 Å². The van der Waals surface area contributed by atoms with Crippen LogP contribution in [0, 0.1) is 0 Å². The third-order valence-electron chi connectivity index (χ3n) is 3.79. The zero-order valence-corrected chi connectivity index (χ0v) is 18.0. The Bertz CT molecular complexity index is 907. The predicted molar refractivity (Wildman–Crippen MR) is 111 cm³/mol. The zero-order chi connectivity index (χ0) is 23.0. The van der Waals surface area contributed by atoms with E-state index in [0.717, 1.165) is 30.3 Å². The molecular formula is C20H16Cl3F4NO3. The third kappa shape index (κ3) is 8.12. The Labute approximate surface area is 190 Å². The SMILES string of the molecule is O=C(NCCCOc1c(Cl)cc(OCC=C(F)Cl)cc1Cl)c1ccc(C(F)(F)F)cc1. The Hall–Kier alpha value is -2.16. The van der Waals surface area contributed by atoms with Gasteiger partial charge >= 0.3 is 6.18 Å². The molecule has 2 rings (SSSR count). The summed E-state index contributed by atoms with van der Waals surface area (Å²) < 4.78 is 60.8. The van der Waals surface area contributed by atoms with Gasteiger partial charge in [0.2, 0.25) is 0 Å². The first-order chi connectivity index (χ1) is 14.6. The zero-order valence-electron chi connectivity index (χ0n) is 15.7. The van der Waals surface area contributed by atoms with Crippen LogP contribution in [0.25, 0.3) is 0 Å². The van der Waals surface area contributed by atoms with Gasteiger partial charge in [0.1, 0.15) is 12.4 Å². The van der Waals surface area contributed by atoms with Gasteiger partial charge in [-0.15, -0.1) is 0 Å². The number of rotatable bonds is 9. The molecule has 0 spiro atoms. The van der Waals surface area contributed by atoms with Crippen LogP contribution in [-0.2, 0) is 6.18 Å². The van der Waals surface area contributed by atoms with Crippen molar-refractivity contribution < 1.29 is 31.8 Å². The average molecular weight is 501 g/mol. The van der Waals surface area contributed by atoms with Gasteiger partial charge in [0, 0.05) is 30.3 Å². The summed E-state index contributed by atoms with van der Waals surface area (Å²) in [4.78, 5) is 12.0. The normalized spacial score (nSPS) is 11.9. The van der Waals surface area contributed by atoms with Crippen LogP contribution in [0.15, 0.2) is 47.8 Å². The lowest BCUT2D eigenvalue weighted by molar-refractivity contribution is -0.137. The van der Waals surface area contributed by atoms with E-state index in [1.165, 1.54) is 12.1 Å². The average Bonchev–Trinajstić information content (AvgIpc) is 2.68. The minimum absolute atomic E-state index is 0.110. The topological polar surface area (TPSA) is 47.6 Å². The lowest BCUT2D eigenvalue weighted by atomic mass is 10.1. The van der Waals surface area contributed by atoms with Crippen molar-refractivity contribution >= 4 is 40.7 Å². The Morgan fingerprint density at radius 3 is 2.23 bits per heavy atom.